The monoisotopic (exact) mass is 251 g/mol. The van der Waals surface area contributed by atoms with Crippen LogP contribution in [0.2, 0.25) is 0 Å². The minimum atomic E-state index is -0.129. The molecule has 1 atom stereocenters. The summed E-state index contributed by atoms with van der Waals surface area (Å²) in [6, 6.07) is 3.63. The molecule has 1 aliphatic rings. The molecule has 1 fully saturated rings. The molecule has 2 N–H and O–H groups in total. The molecule has 2 nitrogen and oxygen atoms in total. The highest BCUT2D eigenvalue weighted by atomic mass is 19.1. The molecule has 3 heteroatoms. The molecule has 1 aliphatic carbocycles. The molecular formula is C15H22FNO. The van der Waals surface area contributed by atoms with Crippen molar-refractivity contribution in [3.05, 3.63) is 34.6 Å². The molecule has 1 unspecified atom stereocenters. The predicted octanol–water partition coefficient (Wildman–Crippen LogP) is 3.40. The Morgan fingerprint density at radius 2 is 1.89 bits per heavy atom. The van der Waals surface area contributed by atoms with Gasteiger partial charge in [-0.3, -0.25) is 0 Å². The first-order valence-corrected chi connectivity index (χ1v) is 6.55. The lowest BCUT2D eigenvalue weighted by atomic mass is 9.74. The van der Waals surface area contributed by atoms with Crippen LogP contribution in [0, 0.1) is 19.7 Å². The van der Waals surface area contributed by atoms with Gasteiger partial charge in [0.1, 0.15) is 5.82 Å². The Hall–Kier alpha value is -0.930. The van der Waals surface area contributed by atoms with Crippen LogP contribution >= 0.6 is 0 Å². The lowest BCUT2D eigenvalue weighted by Gasteiger charge is -2.42. The second-order valence-corrected chi connectivity index (χ2v) is 5.52. The summed E-state index contributed by atoms with van der Waals surface area (Å²) in [6.07, 6.45) is 4.18. The van der Waals surface area contributed by atoms with E-state index in [2.05, 4.69) is 0 Å². The van der Waals surface area contributed by atoms with E-state index >= 15 is 0 Å². The van der Waals surface area contributed by atoms with Gasteiger partial charge < -0.3 is 10.5 Å². The van der Waals surface area contributed by atoms with Crippen LogP contribution in [0.5, 0.6) is 0 Å². The first kappa shape index (κ1) is 13.5. The zero-order valence-electron chi connectivity index (χ0n) is 11.4. The molecule has 100 valence electrons. The number of methoxy groups -OCH3 is 1. The molecule has 0 amide bonds. The molecule has 1 aromatic carbocycles. The van der Waals surface area contributed by atoms with Crippen LogP contribution in [0.1, 0.15) is 48.4 Å². The summed E-state index contributed by atoms with van der Waals surface area (Å²) in [4.78, 5) is 0. The van der Waals surface area contributed by atoms with Gasteiger partial charge in [-0.15, -0.1) is 0 Å². The van der Waals surface area contributed by atoms with Crippen LogP contribution in [0.15, 0.2) is 12.1 Å². The smallest absolute Gasteiger partial charge is 0.129 e. The van der Waals surface area contributed by atoms with Crippen molar-refractivity contribution in [1.29, 1.82) is 0 Å². The van der Waals surface area contributed by atoms with Crippen LogP contribution in [0.3, 0.4) is 0 Å². The molecule has 1 saturated carbocycles. The summed E-state index contributed by atoms with van der Waals surface area (Å²) in [5.74, 6) is -0.129. The summed E-state index contributed by atoms with van der Waals surface area (Å²) in [5, 5.41) is 0. The fourth-order valence-electron chi connectivity index (χ4n) is 2.77. The van der Waals surface area contributed by atoms with E-state index in [0.29, 0.717) is 11.1 Å². The lowest BCUT2D eigenvalue weighted by molar-refractivity contribution is -0.0817. The standard InChI is InChI=1S/C15H22FNO/c1-10-7-12(8-11(2)14(10)16)13(17)9-15(18-3)5-4-6-15/h7-8,13H,4-6,9,17H2,1-3H3. The number of ether oxygens (including phenoxy) is 1. The maximum Gasteiger partial charge on any atom is 0.129 e. The first-order chi connectivity index (χ1) is 8.47. The predicted molar refractivity (Wildman–Crippen MR) is 71.0 cm³/mol. The summed E-state index contributed by atoms with van der Waals surface area (Å²) in [6.45, 7) is 3.57. The molecule has 0 aromatic heterocycles. The van der Waals surface area contributed by atoms with Crippen molar-refractivity contribution >= 4 is 0 Å². The molecule has 0 heterocycles. The molecule has 18 heavy (non-hydrogen) atoms. The van der Waals surface area contributed by atoms with E-state index in [9.17, 15) is 4.39 Å². The van der Waals surface area contributed by atoms with Gasteiger partial charge in [-0.05, 0) is 56.2 Å². The molecule has 0 saturated heterocycles. The number of rotatable bonds is 4. The Morgan fingerprint density at radius 3 is 2.28 bits per heavy atom. The first-order valence-electron chi connectivity index (χ1n) is 6.55. The minimum absolute atomic E-state index is 0.0460. The Morgan fingerprint density at radius 1 is 1.33 bits per heavy atom. The summed E-state index contributed by atoms with van der Waals surface area (Å²) in [5.41, 5.74) is 8.55. The van der Waals surface area contributed by atoms with Crippen molar-refractivity contribution < 1.29 is 9.13 Å². The van der Waals surface area contributed by atoms with E-state index in [1.807, 2.05) is 12.1 Å². The Bertz CT molecular complexity index is 412. The zero-order valence-corrected chi connectivity index (χ0v) is 11.4. The van der Waals surface area contributed by atoms with Gasteiger partial charge in [-0.1, -0.05) is 12.1 Å². The normalized spacial score (nSPS) is 19.4. The second-order valence-electron chi connectivity index (χ2n) is 5.52. The van der Waals surface area contributed by atoms with E-state index in [-0.39, 0.29) is 17.5 Å². The molecule has 0 spiro atoms. The number of aryl methyl sites for hydroxylation is 2. The van der Waals surface area contributed by atoms with Gasteiger partial charge in [0.05, 0.1) is 5.60 Å². The van der Waals surface area contributed by atoms with Crippen molar-refractivity contribution in [3.63, 3.8) is 0 Å². The summed E-state index contributed by atoms with van der Waals surface area (Å²) in [7, 11) is 1.76. The van der Waals surface area contributed by atoms with Crippen LogP contribution in [0.25, 0.3) is 0 Å². The van der Waals surface area contributed by atoms with Gasteiger partial charge >= 0.3 is 0 Å². The molecule has 0 radical (unpaired) electrons. The van der Waals surface area contributed by atoms with Gasteiger partial charge in [-0.2, -0.15) is 0 Å². The van der Waals surface area contributed by atoms with E-state index in [4.69, 9.17) is 10.5 Å². The third-order valence-corrected chi connectivity index (χ3v) is 4.18. The van der Waals surface area contributed by atoms with Crippen LogP contribution in [-0.4, -0.2) is 12.7 Å². The van der Waals surface area contributed by atoms with Crippen molar-refractivity contribution in [2.24, 2.45) is 5.73 Å². The average Bonchev–Trinajstić information content (AvgIpc) is 2.29. The minimum Gasteiger partial charge on any atom is -0.378 e. The van der Waals surface area contributed by atoms with Crippen molar-refractivity contribution in [3.8, 4) is 0 Å². The van der Waals surface area contributed by atoms with Crippen LogP contribution < -0.4 is 5.73 Å². The Labute approximate surface area is 108 Å². The number of halogens is 1. The number of benzene rings is 1. The van der Waals surface area contributed by atoms with Gasteiger partial charge in [0.25, 0.3) is 0 Å². The van der Waals surface area contributed by atoms with E-state index in [1.54, 1.807) is 21.0 Å². The number of hydrogen-bond acceptors (Lipinski definition) is 2. The Kier molecular flexibility index (Phi) is 3.74. The topological polar surface area (TPSA) is 35.2 Å². The molecule has 2 rings (SSSR count). The largest absolute Gasteiger partial charge is 0.378 e. The molecular weight excluding hydrogens is 229 g/mol. The van der Waals surface area contributed by atoms with Gasteiger partial charge in [0.2, 0.25) is 0 Å². The highest BCUT2D eigenvalue weighted by Gasteiger charge is 2.38. The fraction of sp³-hybridized carbons (Fsp3) is 0.600. The zero-order chi connectivity index (χ0) is 13.3. The molecule has 1 aromatic rings. The van der Waals surface area contributed by atoms with Gasteiger partial charge in [0.15, 0.2) is 0 Å². The fourth-order valence-corrected chi connectivity index (χ4v) is 2.77. The third kappa shape index (κ3) is 2.43. The van der Waals surface area contributed by atoms with Crippen molar-refractivity contribution in [2.75, 3.05) is 7.11 Å². The Balaban J connectivity index is 2.16. The average molecular weight is 251 g/mol. The van der Waals surface area contributed by atoms with Crippen molar-refractivity contribution in [1.82, 2.24) is 0 Å². The SMILES string of the molecule is COC1(CC(N)c2cc(C)c(F)c(C)c2)CCC1. The van der Waals surface area contributed by atoms with E-state index in [1.165, 1.54) is 6.42 Å². The van der Waals surface area contributed by atoms with Crippen molar-refractivity contribution in [2.45, 2.75) is 51.2 Å². The summed E-state index contributed by atoms with van der Waals surface area (Å²) >= 11 is 0. The van der Waals surface area contributed by atoms with Crippen LogP contribution in [0.4, 0.5) is 4.39 Å². The molecule has 0 bridgehead atoms. The van der Waals surface area contributed by atoms with Gasteiger partial charge in [0, 0.05) is 13.2 Å². The number of hydrogen-bond donors (Lipinski definition) is 1. The highest BCUT2D eigenvalue weighted by molar-refractivity contribution is 5.32. The number of nitrogens with two attached hydrogens (primary N) is 1. The third-order valence-electron chi connectivity index (χ3n) is 4.18. The van der Waals surface area contributed by atoms with E-state index < -0.39 is 0 Å². The highest BCUT2D eigenvalue weighted by Crippen LogP contribution is 2.41. The van der Waals surface area contributed by atoms with Crippen LogP contribution in [-0.2, 0) is 4.74 Å². The summed E-state index contributed by atoms with van der Waals surface area (Å²) < 4.78 is 19.2. The second kappa shape index (κ2) is 4.98. The van der Waals surface area contributed by atoms with Gasteiger partial charge in [-0.25, -0.2) is 4.39 Å². The lowest BCUT2D eigenvalue weighted by Crippen LogP contribution is -2.41. The van der Waals surface area contributed by atoms with E-state index in [0.717, 1.165) is 24.8 Å². The maximum atomic E-state index is 13.6. The molecule has 0 aliphatic heterocycles. The maximum absolute atomic E-state index is 13.6. The quantitative estimate of drug-likeness (QED) is 0.890.